The maximum Gasteiger partial charge on any atom is 0.249 e. The highest BCUT2D eigenvalue weighted by molar-refractivity contribution is 6.02. The number of carbonyl (C=O) groups excluding carboxylic acids is 2. The van der Waals surface area contributed by atoms with Gasteiger partial charge < -0.3 is 19.7 Å². The van der Waals surface area contributed by atoms with Crippen molar-refractivity contribution in [3.8, 4) is 33.9 Å². The van der Waals surface area contributed by atoms with Gasteiger partial charge in [-0.05, 0) is 60.2 Å². The van der Waals surface area contributed by atoms with Crippen LogP contribution in [-0.4, -0.2) is 52.7 Å². The van der Waals surface area contributed by atoms with Crippen molar-refractivity contribution in [2.75, 3.05) is 26.1 Å². The summed E-state index contributed by atoms with van der Waals surface area (Å²) in [6.07, 6.45) is 5.46. The van der Waals surface area contributed by atoms with Crippen molar-refractivity contribution >= 4 is 24.2 Å². The van der Waals surface area contributed by atoms with Crippen LogP contribution in [-0.2, 0) is 22.7 Å². The van der Waals surface area contributed by atoms with Crippen LogP contribution in [0.4, 0.5) is 10.2 Å². The van der Waals surface area contributed by atoms with E-state index in [1.807, 2.05) is 10.7 Å². The fraction of sp³-hybridized carbons (Fsp3) is 0.172. The van der Waals surface area contributed by atoms with Crippen molar-refractivity contribution in [1.29, 1.82) is 0 Å². The van der Waals surface area contributed by atoms with Gasteiger partial charge in [0, 0.05) is 41.6 Å². The van der Waals surface area contributed by atoms with E-state index >= 15 is 0 Å². The number of hydrogen-bond donors (Lipinski definition) is 1. The lowest BCUT2D eigenvalue weighted by Gasteiger charge is -2.24. The molecule has 5 rings (SSSR count). The Balaban J connectivity index is 1.45. The van der Waals surface area contributed by atoms with Gasteiger partial charge in [-0.2, -0.15) is 5.10 Å². The quantitative estimate of drug-likeness (QED) is 0.270. The first-order valence-corrected chi connectivity index (χ1v) is 12.2. The summed E-state index contributed by atoms with van der Waals surface area (Å²) in [6, 6.07) is 15.0. The normalized spacial score (nSPS) is 12.7. The molecular formula is C29H26FN5O4. The van der Waals surface area contributed by atoms with Gasteiger partial charge in [0.05, 0.1) is 33.0 Å². The van der Waals surface area contributed by atoms with Crippen LogP contribution in [0.5, 0.6) is 11.5 Å². The first kappa shape index (κ1) is 25.7. The number of methoxy groups -OCH3 is 2. The summed E-state index contributed by atoms with van der Waals surface area (Å²) >= 11 is 0. The predicted octanol–water partition coefficient (Wildman–Crippen LogP) is 4.39. The molecule has 9 nitrogen and oxygen atoms in total. The fourth-order valence-electron chi connectivity index (χ4n) is 4.48. The minimum absolute atomic E-state index is 0.342. The van der Waals surface area contributed by atoms with Gasteiger partial charge in [-0.25, -0.2) is 9.37 Å². The second-order valence-corrected chi connectivity index (χ2v) is 8.84. The molecule has 39 heavy (non-hydrogen) atoms. The molecular weight excluding hydrogens is 501 g/mol. The van der Waals surface area contributed by atoms with E-state index in [0.717, 1.165) is 28.8 Å². The molecule has 2 aromatic carbocycles. The van der Waals surface area contributed by atoms with Crippen molar-refractivity contribution in [2.45, 2.75) is 13.1 Å². The summed E-state index contributed by atoms with van der Waals surface area (Å²) in [7, 11) is 3.12. The third-order valence-electron chi connectivity index (χ3n) is 6.43. The molecule has 3 heterocycles. The Bertz CT molecular complexity index is 1550. The number of halogens is 1. The molecule has 2 amide bonds. The molecule has 198 valence electrons. The Morgan fingerprint density at radius 2 is 1.85 bits per heavy atom. The maximum absolute atomic E-state index is 13.6. The van der Waals surface area contributed by atoms with E-state index < -0.39 is 0 Å². The number of fused-ring (bicyclic) bond motifs is 1. The Labute approximate surface area is 224 Å². The first-order valence-electron chi connectivity index (χ1n) is 12.2. The summed E-state index contributed by atoms with van der Waals surface area (Å²) in [6.45, 7) is 1.46. The smallest absolute Gasteiger partial charge is 0.249 e. The number of pyridine rings is 1. The average Bonchev–Trinajstić information content (AvgIpc) is 3.35. The third kappa shape index (κ3) is 5.49. The van der Waals surface area contributed by atoms with Crippen molar-refractivity contribution in [1.82, 2.24) is 19.7 Å². The Hall–Kier alpha value is -4.99. The minimum Gasteiger partial charge on any atom is -0.497 e. The molecule has 1 aliphatic rings. The maximum atomic E-state index is 13.6. The number of carbonyl (C=O) groups is 2. The van der Waals surface area contributed by atoms with Crippen molar-refractivity contribution in [3.05, 3.63) is 83.9 Å². The van der Waals surface area contributed by atoms with E-state index in [4.69, 9.17) is 14.6 Å². The van der Waals surface area contributed by atoms with Crippen molar-refractivity contribution in [2.24, 2.45) is 0 Å². The molecule has 0 fully saturated rings. The molecule has 1 N–H and O–H groups in total. The van der Waals surface area contributed by atoms with Gasteiger partial charge >= 0.3 is 0 Å². The predicted molar refractivity (Wildman–Crippen MR) is 145 cm³/mol. The zero-order valence-electron chi connectivity index (χ0n) is 21.4. The largest absolute Gasteiger partial charge is 0.497 e. The van der Waals surface area contributed by atoms with E-state index in [2.05, 4.69) is 10.3 Å². The number of rotatable bonds is 8. The molecule has 0 aliphatic carbocycles. The molecule has 0 radical (unpaired) electrons. The van der Waals surface area contributed by atoms with Gasteiger partial charge in [0.1, 0.15) is 28.8 Å². The molecule has 0 unspecified atom stereocenters. The number of ether oxygens (including phenoxy) is 2. The Morgan fingerprint density at radius 1 is 1.03 bits per heavy atom. The van der Waals surface area contributed by atoms with Crippen LogP contribution in [0, 0.1) is 5.82 Å². The summed E-state index contributed by atoms with van der Waals surface area (Å²) in [5, 5.41) is 7.59. The van der Waals surface area contributed by atoms with E-state index in [1.165, 1.54) is 18.2 Å². The van der Waals surface area contributed by atoms with Crippen molar-refractivity contribution < 1.29 is 23.5 Å². The number of amides is 2. The fourth-order valence-corrected chi connectivity index (χ4v) is 4.48. The topological polar surface area (TPSA) is 98.6 Å². The zero-order valence-corrected chi connectivity index (χ0v) is 21.4. The van der Waals surface area contributed by atoms with Gasteiger partial charge in [0.2, 0.25) is 12.3 Å². The van der Waals surface area contributed by atoms with Crippen LogP contribution in [0.3, 0.4) is 0 Å². The monoisotopic (exact) mass is 527 g/mol. The van der Waals surface area contributed by atoms with Gasteiger partial charge in [0.15, 0.2) is 0 Å². The molecule has 0 saturated carbocycles. The summed E-state index contributed by atoms with van der Waals surface area (Å²) in [4.78, 5) is 30.2. The second kappa shape index (κ2) is 11.2. The van der Waals surface area contributed by atoms with E-state index in [9.17, 15) is 14.0 Å². The lowest BCUT2D eigenvalue weighted by Crippen LogP contribution is -2.32. The minimum atomic E-state index is -0.375. The highest BCUT2D eigenvalue weighted by atomic mass is 19.1. The molecule has 2 aromatic heterocycles. The van der Waals surface area contributed by atoms with Crippen LogP contribution in [0.1, 0.15) is 11.3 Å². The van der Waals surface area contributed by atoms with Gasteiger partial charge in [-0.15, -0.1) is 0 Å². The van der Waals surface area contributed by atoms with Crippen LogP contribution < -0.4 is 14.8 Å². The molecule has 10 heteroatoms. The van der Waals surface area contributed by atoms with Gasteiger partial charge in [-0.3, -0.25) is 14.3 Å². The molecule has 0 spiro atoms. The van der Waals surface area contributed by atoms with Crippen LogP contribution in [0.25, 0.3) is 28.5 Å². The number of hydrogen-bond acceptors (Lipinski definition) is 6. The Morgan fingerprint density at radius 3 is 2.59 bits per heavy atom. The Kier molecular flexibility index (Phi) is 7.35. The number of anilines is 1. The van der Waals surface area contributed by atoms with E-state index in [-0.39, 0.29) is 11.7 Å². The van der Waals surface area contributed by atoms with E-state index in [0.29, 0.717) is 48.2 Å². The highest BCUT2D eigenvalue weighted by Crippen LogP contribution is 2.37. The lowest BCUT2D eigenvalue weighted by atomic mass is 9.98. The lowest BCUT2D eigenvalue weighted by molar-refractivity contribution is -0.119. The molecule has 4 aromatic rings. The van der Waals surface area contributed by atoms with Crippen LogP contribution in [0.15, 0.2) is 66.9 Å². The average molecular weight is 528 g/mol. The number of nitrogens with zero attached hydrogens (tertiary/aromatic N) is 4. The van der Waals surface area contributed by atoms with Crippen LogP contribution >= 0.6 is 0 Å². The van der Waals surface area contributed by atoms with Gasteiger partial charge in [-0.1, -0.05) is 0 Å². The van der Waals surface area contributed by atoms with Crippen LogP contribution in [0.2, 0.25) is 0 Å². The van der Waals surface area contributed by atoms with Gasteiger partial charge in [0.25, 0.3) is 0 Å². The second-order valence-electron chi connectivity index (χ2n) is 8.84. The highest BCUT2D eigenvalue weighted by Gasteiger charge is 2.25. The molecule has 0 bridgehead atoms. The summed E-state index contributed by atoms with van der Waals surface area (Å²) in [5.74, 6) is 0.846. The van der Waals surface area contributed by atoms with E-state index in [1.54, 1.807) is 67.8 Å². The molecule has 1 aliphatic heterocycles. The standard InChI is InChI=1S/C29H26FN5O4/c1-38-23-9-5-19(25(16-23)39-2)6-10-27(37)32-26-15-21(11-12-31-26)28-24-17-34(18-36)13-14-35(24)33-29(28)20-3-7-22(30)8-4-20/h3-12,15-16,18H,13-14,17H2,1-2H3,(H,31,32,37)/b10-6+. The number of aromatic nitrogens is 3. The molecule has 0 saturated heterocycles. The SMILES string of the molecule is COc1ccc(/C=C/C(=O)Nc2cc(-c3c(-c4ccc(F)cc4)nn4c3CN(C=O)CC4)ccn2)c(OC)c1. The number of benzene rings is 2. The molecule has 0 atom stereocenters. The summed E-state index contributed by atoms with van der Waals surface area (Å²) in [5.41, 5.74) is 4.52. The summed E-state index contributed by atoms with van der Waals surface area (Å²) < 4.78 is 26.1. The third-order valence-corrected chi connectivity index (χ3v) is 6.43. The first-order chi connectivity index (χ1) is 19.0. The zero-order chi connectivity index (χ0) is 27.4. The van der Waals surface area contributed by atoms with Crippen molar-refractivity contribution in [3.63, 3.8) is 0 Å². The number of nitrogens with one attached hydrogen (secondary N) is 1.